The van der Waals surface area contributed by atoms with Crippen molar-refractivity contribution in [2.24, 2.45) is 0 Å². The largest absolute Gasteiger partial charge is 0.506 e. The summed E-state index contributed by atoms with van der Waals surface area (Å²) in [6.45, 7) is 1.73. The van der Waals surface area contributed by atoms with Gasteiger partial charge in [0.15, 0.2) is 6.10 Å². The topological polar surface area (TPSA) is 77.8 Å². The molecule has 0 bridgehead atoms. The molecule has 0 aliphatic rings. The van der Waals surface area contributed by atoms with Gasteiger partial charge in [-0.25, -0.2) is 4.79 Å². The number of aliphatic carboxylic acids is 1. The van der Waals surface area contributed by atoms with Gasteiger partial charge in [0.1, 0.15) is 5.75 Å². The summed E-state index contributed by atoms with van der Waals surface area (Å²) in [4.78, 5) is 11.5. The third kappa shape index (κ3) is 1.54. The van der Waals surface area contributed by atoms with Crippen LogP contribution in [-0.2, 0) is 4.79 Å². The molecule has 2 rings (SSSR count). The number of aromatic hydroxyl groups is 1. The molecule has 1 aromatic heterocycles. The number of aliphatic hydroxyl groups is 1. The Labute approximate surface area is 95.4 Å². The first kappa shape index (κ1) is 10.9. The molecule has 0 fully saturated rings. The molecule has 0 spiro atoms. The molecule has 0 radical (unpaired) electrons. The molecule has 2 aromatic rings. The molecule has 0 aliphatic heterocycles. The second kappa shape index (κ2) is 3.77. The van der Waals surface area contributed by atoms with Gasteiger partial charge >= 0.3 is 5.97 Å². The minimum atomic E-state index is -1.55. The van der Waals surface area contributed by atoms with Crippen molar-refractivity contribution in [2.45, 2.75) is 13.0 Å². The van der Waals surface area contributed by atoms with Crippen molar-refractivity contribution in [1.82, 2.24) is 0 Å². The number of phenols is 1. The maximum absolute atomic E-state index is 10.8. The summed E-state index contributed by atoms with van der Waals surface area (Å²) in [7, 11) is 0. The van der Waals surface area contributed by atoms with Gasteiger partial charge in [0, 0.05) is 15.8 Å². The van der Waals surface area contributed by atoms with Gasteiger partial charge in [0.05, 0.1) is 4.70 Å². The highest BCUT2D eigenvalue weighted by atomic mass is 32.1. The van der Waals surface area contributed by atoms with E-state index in [2.05, 4.69) is 0 Å². The molecule has 1 heterocycles. The molecular weight excluding hydrogens is 228 g/mol. The highest BCUT2D eigenvalue weighted by Crippen LogP contribution is 2.39. The van der Waals surface area contributed by atoms with E-state index in [1.807, 2.05) is 0 Å². The fraction of sp³-hybridized carbons (Fsp3) is 0.182. The number of aryl methyl sites for hydroxylation is 1. The van der Waals surface area contributed by atoms with Crippen molar-refractivity contribution in [3.63, 3.8) is 0 Å². The zero-order valence-electron chi connectivity index (χ0n) is 8.47. The number of thiophene rings is 1. The predicted molar refractivity (Wildman–Crippen MR) is 60.8 cm³/mol. The molecule has 0 saturated heterocycles. The molecule has 0 aliphatic carbocycles. The number of benzene rings is 1. The van der Waals surface area contributed by atoms with Crippen LogP contribution in [0.15, 0.2) is 18.2 Å². The molecule has 16 heavy (non-hydrogen) atoms. The Balaban J connectivity index is 2.74. The van der Waals surface area contributed by atoms with Gasteiger partial charge in [-0.2, -0.15) is 0 Å². The molecule has 1 aromatic carbocycles. The lowest BCUT2D eigenvalue weighted by molar-refractivity contribution is -0.146. The van der Waals surface area contributed by atoms with E-state index in [0.717, 1.165) is 0 Å². The van der Waals surface area contributed by atoms with Gasteiger partial charge in [0.2, 0.25) is 0 Å². The van der Waals surface area contributed by atoms with Gasteiger partial charge < -0.3 is 15.3 Å². The Morgan fingerprint density at radius 2 is 2.12 bits per heavy atom. The number of fused-ring (bicyclic) bond motifs is 1. The zero-order valence-corrected chi connectivity index (χ0v) is 9.28. The first-order chi connectivity index (χ1) is 7.52. The maximum Gasteiger partial charge on any atom is 0.337 e. The number of carbonyl (C=O) groups is 1. The lowest BCUT2D eigenvalue weighted by Gasteiger charge is -2.05. The molecule has 3 N–H and O–H groups in total. The van der Waals surface area contributed by atoms with E-state index < -0.39 is 12.1 Å². The van der Waals surface area contributed by atoms with E-state index in [1.54, 1.807) is 19.1 Å². The highest BCUT2D eigenvalue weighted by Gasteiger charge is 2.23. The number of phenolic OH excluding ortho intramolecular Hbond substituents is 1. The Kier molecular flexibility index (Phi) is 2.57. The number of hydrogen-bond acceptors (Lipinski definition) is 4. The molecule has 1 atom stereocenters. The van der Waals surface area contributed by atoms with Gasteiger partial charge in [0.25, 0.3) is 0 Å². The first-order valence-electron chi connectivity index (χ1n) is 4.64. The van der Waals surface area contributed by atoms with Gasteiger partial charge in [-0.3, -0.25) is 0 Å². The Morgan fingerprint density at radius 3 is 2.75 bits per heavy atom. The lowest BCUT2D eigenvalue weighted by atomic mass is 10.1. The van der Waals surface area contributed by atoms with Gasteiger partial charge in [-0.1, -0.05) is 12.1 Å². The van der Waals surface area contributed by atoms with Crippen molar-refractivity contribution in [1.29, 1.82) is 0 Å². The summed E-state index contributed by atoms with van der Waals surface area (Å²) in [5.41, 5.74) is 0.364. The van der Waals surface area contributed by atoms with E-state index in [4.69, 9.17) is 5.11 Å². The van der Waals surface area contributed by atoms with E-state index in [-0.39, 0.29) is 5.75 Å². The maximum atomic E-state index is 10.8. The van der Waals surface area contributed by atoms with Crippen LogP contribution >= 0.6 is 11.3 Å². The average Bonchev–Trinajstić information content (AvgIpc) is 2.55. The summed E-state index contributed by atoms with van der Waals surface area (Å²) < 4.78 is 0.607. The summed E-state index contributed by atoms with van der Waals surface area (Å²) in [6, 6.07) is 4.86. The fourth-order valence-electron chi connectivity index (χ4n) is 1.71. The number of carboxylic acid groups (broad SMARTS) is 1. The second-order valence-electron chi connectivity index (χ2n) is 3.47. The van der Waals surface area contributed by atoms with Gasteiger partial charge in [-0.05, 0) is 13.0 Å². The molecule has 1 unspecified atom stereocenters. The summed E-state index contributed by atoms with van der Waals surface area (Å²) in [5, 5.41) is 28.6. The highest BCUT2D eigenvalue weighted by molar-refractivity contribution is 7.19. The Morgan fingerprint density at radius 1 is 1.44 bits per heavy atom. The first-order valence-corrected chi connectivity index (χ1v) is 5.46. The predicted octanol–water partition coefficient (Wildman–Crippen LogP) is 2.03. The quantitative estimate of drug-likeness (QED) is 0.748. The summed E-state index contributed by atoms with van der Waals surface area (Å²) in [5.74, 6) is -1.18. The van der Waals surface area contributed by atoms with Crippen molar-refractivity contribution < 1.29 is 20.1 Å². The minimum Gasteiger partial charge on any atom is -0.506 e. The monoisotopic (exact) mass is 238 g/mol. The number of aliphatic hydroxyl groups excluding tert-OH is 1. The van der Waals surface area contributed by atoms with Crippen LogP contribution in [0, 0.1) is 6.92 Å². The van der Waals surface area contributed by atoms with Crippen LogP contribution in [0.5, 0.6) is 5.75 Å². The average molecular weight is 238 g/mol. The molecule has 4 nitrogen and oxygen atoms in total. The molecule has 0 amide bonds. The van der Waals surface area contributed by atoms with E-state index >= 15 is 0 Å². The van der Waals surface area contributed by atoms with Crippen LogP contribution in [-0.4, -0.2) is 21.3 Å². The summed E-state index contributed by atoms with van der Waals surface area (Å²) in [6.07, 6.45) is -1.55. The smallest absolute Gasteiger partial charge is 0.337 e. The number of rotatable bonds is 2. The second-order valence-corrected chi connectivity index (χ2v) is 4.69. The van der Waals surface area contributed by atoms with E-state index in [0.29, 0.717) is 20.5 Å². The Hall–Kier alpha value is -1.59. The van der Waals surface area contributed by atoms with Crippen LogP contribution in [0.25, 0.3) is 10.1 Å². The molecule has 0 saturated carbocycles. The molecular formula is C11H10O4S. The van der Waals surface area contributed by atoms with Crippen LogP contribution in [0.3, 0.4) is 0 Å². The van der Waals surface area contributed by atoms with E-state index in [9.17, 15) is 15.0 Å². The van der Waals surface area contributed by atoms with Gasteiger partial charge in [-0.15, -0.1) is 11.3 Å². The SMILES string of the molecule is Cc1sc2c(O)cccc2c1C(O)C(=O)O. The van der Waals surface area contributed by atoms with Crippen LogP contribution < -0.4 is 0 Å². The number of hydrogen-bond donors (Lipinski definition) is 3. The minimum absolute atomic E-state index is 0.106. The Bertz CT molecular complexity index is 558. The van der Waals surface area contributed by atoms with Crippen molar-refractivity contribution in [3.05, 3.63) is 28.6 Å². The molecule has 5 heteroatoms. The number of carboxylic acids is 1. The zero-order chi connectivity index (χ0) is 11.9. The normalized spacial score (nSPS) is 12.9. The van der Waals surface area contributed by atoms with Crippen LogP contribution in [0.1, 0.15) is 16.5 Å². The summed E-state index contributed by atoms with van der Waals surface area (Å²) >= 11 is 1.28. The third-order valence-electron chi connectivity index (χ3n) is 2.43. The fourth-order valence-corrected chi connectivity index (χ4v) is 2.80. The third-order valence-corrected chi connectivity index (χ3v) is 3.59. The standard InChI is InChI=1S/C11H10O4S/c1-5-8(9(13)11(14)15)6-3-2-4-7(12)10(6)16-5/h2-4,9,12-13H,1H3,(H,14,15). The van der Waals surface area contributed by atoms with E-state index in [1.165, 1.54) is 17.4 Å². The van der Waals surface area contributed by atoms with Crippen molar-refractivity contribution in [3.8, 4) is 5.75 Å². The van der Waals surface area contributed by atoms with Crippen molar-refractivity contribution >= 4 is 27.4 Å². The van der Waals surface area contributed by atoms with Crippen LogP contribution in [0.4, 0.5) is 0 Å². The van der Waals surface area contributed by atoms with Crippen molar-refractivity contribution in [2.75, 3.05) is 0 Å². The van der Waals surface area contributed by atoms with Crippen LogP contribution in [0.2, 0.25) is 0 Å². The molecule has 84 valence electrons. The lowest BCUT2D eigenvalue weighted by Crippen LogP contribution is -2.10.